The summed E-state index contributed by atoms with van der Waals surface area (Å²) in [4.78, 5) is 14.5. The molecule has 0 saturated carbocycles. The van der Waals surface area contributed by atoms with E-state index in [-0.39, 0.29) is 18.3 Å². The number of hydrogen-bond acceptors (Lipinski definition) is 2. The van der Waals surface area contributed by atoms with Gasteiger partial charge in [-0.3, -0.25) is 4.79 Å². The zero-order valence-electron chi connectivity index (χ0n) is 14.6. The number of hydrogen-bond donors (Lipinski definition) is 1. The normalized spacial score (nSPS) is 14.8. The van der Waals surface area contributed by atoms with Crippen molar-refractivity contribution in [3.05, 3.63) is 65.7 Å². The fraction of sp³-hybridized carbons (Fsp3) is 0.381. The Labute approximate surface area is 156 Å². The molecule has 4 heteroatoms. The van der Waals surface area contributed by atoms with E-state index in [9.17, 15) is 4.79 Å². The lowest BCUT2D eigenvalue weighted by molar-refractivity contribution is -0.131. The van der Waals surface area contributed by atoms with E-state index in [1.807, 2.05) is 29.2 Å². The zero-order valence-corrected chi connectivity index (χ0v) is 15.4. The minimum Gasteiger partial charge on any atom is -0.399 e. The van der Waals surface area contributed by atoms with Crippen molar-refractivity contribution >= 4 is 24.0 Å². The molecule has 1 fully saturated rings. The van der Waals surface area contributed by atoms with Gasteiger partial charge in [0.25, 0.3) is 0 Å². The number of nitrogens with zero attached hydrogens (tertiary/aromatic N) is 1. The number of benzene rings is 2. The van der Waals surface area contributed by atoms with Crippen LogP contribution in [0, 0.1) is 5.92 Å². The first-order valence-corrected chi connectivity index (χ1v) is 8.87. The SMILES string of the molecule is Cl.Nc1ccc(CC(=O)N2CCC(CCc3ccccc3)CC2)cc1. The molecule has 0 radical (unpaired) electrons. The average Bonchev–Trinajstić information content (AvgIpc) is 2.63. The first-order chi connectivity index (χ1) is 11.7. The molecule has 2 aromatic carbocycles. The molecule has 1 heterocycles. The second kappa shape index (κ2) is 9.47. The summed E-state index contributed by atoms with van der Waals surface area (Å²) in [5, 5.41) is 0. The van der Waals surface area contributed by atoms with Crippen LogP contribution in [-0.2, 0) is 17.6 Å². The number of likely N-dealkylation sites (tertiary alicyclic amines) is 1. The van der Waals surface area contributed by atoms with Crippen molar-refractivity contribution in [3.8, 4) is 0 Å². The van der Waals surface area contributed by atoms with Gasteiger partial charge in [0, 0.05) is 18.8 Å². The van der Waals surface area contributed by atoms with Gasteiger partial charge in [0.1, 0.15) is 0 Å². The lowest BCUT2D eigenvalue weighted by Crippen LogP contribution is -2.39. The van der Waals surface area contributed by atoms with Crippen LogP contribution in [0.3, 0.4) is 0 Å². The lowest BCUT2D eigenvalue weighted by Gasteiger charge is -2.32. The summed E-state index contributed by atoms with van der Waals surface area (Å²) in [5.41, 5.74) is 8.89. The molecule has 3 nitrogen and oxygen atoms in total. The van der Waals surface area contributed by atoms with E-state index in [4.69, 9.17) is 5.73 Å². The Morgan fingerprint density at radius 3 is 2.24 bits per heavy atom. The molecule has 2 aromatic rings. The van der Waals surface area contributed by atoms with Gasteiger partial charge in [0.2, 0.25) is 5.91 Å². The quantitative estimate of drug-likeness (QED) is 0.818. The van der Waals surface area contributed by atoms with E-state index >= 15 is 0 Å². The molecule has 1 saturated heterocycles. The second-order valence-electron chi connectivity index (χ2n) is 6.77. The highest BCUT2D eigenvalue weighted by Gasteiger charge is 2.22. The maximum Gasteiger partial charge on any atom is 0.226 e. The number of anilines is 1. The maximum atomic E-state index is 12.4. The first-order valence-electron chi connectivity index (χ1n) is 8.87. The molecule has 25 heavy (non-hydrogen) atoms. The van der Waals surface area contributed by atoms with Crippen molar-refractivity contribution in [3.63, 3.8) is 0 Å². The number of piperidine rings is 1. The Hall–Kier alpha value is -2.00. The van der Waals surface area contributed by atoms with Crippen molar-refractivity contribution in [1.82, 2.24) is 4.90 Å². The highest BCUT2D eigenvalue weighted by molar-refractivity contribution is 5.85. The van der Waals surface area contributed by atoms with Gasteiger partial charge in [0.05, 0.1) is 6.42 Å². The number of aryl methyl sites for hydroxylation is 1. The summed E-state index contributed by atoms with van der Waals surface area (Å²) in [6, 6.07) is 18.3. The van der Waals surface area contributed by atoms with E-state index in [0.717, 1.165) is 49.5 Å². The first kappa shape index (κ1) is 19.3. The zero-order chi connectivity index (χ0) is 16.8. The van der Waals surface area contributed by atoms with Crippen molar-refractivity contribution < 1.29 is 4.79 Å². The summed E-state index contributed by atoms with van der Waals surface area (Å²) in [5.74, 6) is 0.979. The van der Waals surface area contributed by atoms with Gasteiger partial charge in [-0.15, -0.1) is 12.4 Å². The van der Waals surface area contributed by atoms with Crippen LogP contribution in [0.1, 0.15) is 30.4 Å². The van der Waals surface area contributed by atoms with Gasteiger partial charge in [0.15, 0.2) is 0 Å². The van der Waals surface area contributed by atoms with Gasteiger partial charge in [-0.2, -0.15) is 0 Å². The molecule has 2 N–H and O–H groups in total. The summed E-state index contributed by atoms with van der Waals surface area (Å²) >= 11 is 0. The number of halogens is 1. The fourth-order valence-electron chi connectivity index (χ4n) is 3.41. The number of nitrogen functional groups attached to an aromatic ring is 1. The van der Waals surface area contributed by atoms with E-state index in [1.54, 1.807) is 0 Å². The molecule has 0 unspecified atom stereocenters. The Balaban J connectivity index is 0.00000225. The largest absolute Gasteiger partial charge is 0.399 e. The molecule has 0 spiro atoms. The van der Waals surface area contributed by atoms with Crippen LogP contribution < -0.4 is 5.73 Å². The van der Waals surface area contributed by atoms with Gasteiger partial charge in [-0.1, -0.05) is 42.5 Å². The van der Waals surface area contributed by atoms with Crippen LogP contribution in [0.5, 0.6) is 0 Å². The van der Waals surface area contributed by atoms with Crippen LogP contribution in [0.2, 0.25) is 0 Å². The number of nitrogens with two attached hydrogens (primary N) is 1. The second-order valence-corrected chi connectivity index (χ2v) is 6.77. The highest BCUT2D eigenvalue weighted by atomic mass is 35.5. The number of carbonyl (C=O) groups excluding carboxylic acids is 1. The van der Waals surface area contributed by atoms with E-state index < -0.39 is 0 Å². The predicted octanol–water partition coefficient (Wildman–Crippen LogP) is 4.10. The van der Waals surface area contributed by atoms with E-state index in [1.165, 1.54) is 12.0 Å². The smallest absolute Gasteiger partial charge is 0.226 e. The predicted molar refractivity (Wildman–Crippen MR) is 106 cm³/mol. The number of amides is 1. The standard InChI is InChI=1S/C21H26N2O.ClH/c22-20-10-8-19(9-11-20)16-21(24)23-14-12-18(13-15-23)7-6-17-4-2-1-3-5-17;/h1-5,8-11,18H,6-7,12-16,22H2;1H. The summed E-state index contributed by atoms with van der Waals surface area (Å²) < 4.78 is 0. The molecule has 0 atom stereocenters. The molecule has 3 rings (SSSR count). The van der Waals surface area contributed by atoms with Gasteiger partial charge < -0.3 is 10.6 Å². The van der Waals surface area contributed by atoms with Crippen molar-refractivity contribution in [1.29, 1.82) is 0 Å². The Morgan fingerprint density at radius 1 is 0.960 bits per heavy atom. The molecule has 0 bridgehead atoms. The van der Waals surface area contributed by atoms with Crippen LogP contribution in [0.4, 0.5) is 5.69 Å². The highest BCUT2D eigenvalue weighted by Crippen LogP contribution is 2.23. The molecular formula is C21H27ClN2O. The summed E-state index contributed by atoms with van der Waals surface area (Å²) in [7, 11) is 0. The van der Waals surface area contributed by atoms with Crippen LogP contribution in [0.15, 0.2) is 54.6 Å². The van der Waals surface area contributed by atoms with Crippen molar-refractivity contribution in [2.75, 3.05) is 18.8 Å². The monoisotopic (exact) mass is 358 g/mol. The van der Waals surface area contributed by atoms with Crippen LogP contribution in [0.25, 0.3) is 0 Å². The molecular weight excluding hydrogens is 332 g/mol. The van der Waals surface area contributed by atoms with Crippen molar-refractivity contribution in [2.24, 2.45) is 5.92 Å². The number of rotatable bonds is 5. The van der Waals surface area contributed by atoms with E-state index in [0.29, 0.717) is 6.42 Å². The van der Waals surface area contributed by atoms with Crippen LogP contribution >= 0.6 is 12.4 Å². The molecule has 134 valence electrons. The lowest BCUT2D eigenvalue weighted by atomic mass is 9.90. The Kier molecular flexibility index (Phi) is 7.32. The Morgan fingerprint density at radius 2 is 1.60 bits per heavy atom. The minimum absolute atomic E-state index is 0. The van der Waals surface area contributed by atoms with Gasteiger partial charge >= 0.3 is 0 Å². The average molecular weight is 359 g/mol. The minimum atomic E-state index is 0. The van der Waals surface area contributed by atoms with Gasteiger partial charge in [-0.05, 0) is 54.9 Å². The van der Waals surface area contributed by atoms with Crippen molar-refractivity contribution in [2.45, 2.75) is 32.1 Å². The van der Waals surface area contributed by atoms with Gasteiger partial charge in [-0.25, -0.2) is 0 Å². The summed E-state index contributed by atoms with van der Waals surface area (Å²) in [6.45, 7) is 1.79. The van der Waals surface area contributed by atoms with E-state index in [2.05, 4.69) is 30.3 Å². The van der Waals surface area contributed by atoms with Crippen LogP contribution in [-0.4, -0.2) is 23.9 Å². The Bertz CT molecular complexity index is 649. The molecule has 1 aliphatic heterocycles. The molecule has 1 amide bonds. The molecule has 0 aromatic heterocycles. The number of carbonyl (C=O) groups is 1. The topological polar surface area (TPSA) is 46.3 Å². The maximum absolute atomic E-state index is 12.4. The molecule has 1 aliphatic rings. The molecule has 0 aliphatic carbocycles. The third kappa shape index (κ3) is 5.79. The third-order valence-electron chi connectivity index (χ3n) is 4.99. The fourth-order valence-corrected chi connectivity index (χ4v) is 3.41. The third-order valence-corrected chi connectivity index (χ3v) is 4.99. The summed E-state index contributed by atoms with van der Waals surface area (Å²) in [6.07, 6.45) is 5.10.